The highest BCUT2D eigenvalue weighted by Crippen LogP contribution is 2.39. The highest BCUT2D eigenvalue weighted by molar-refractivity contribution is 8.18. The van der Waals surface area contributed by atoms with Gasteiger partial charge >= 0.3 is 5.97 Å². The molecule has 0 radical (unpaired) electrons. The van der Waals surface area contributed by atoms with E-state index < -0.39 is 5.97 Å². The summed E-state index contributed by atoms with van der Waals surface area (Å²) in [6.07, 6.45) is 3.36. The molecule has 3 rings (SSSR count). The Bertz CT molecular complexity index is 843. The van der Waals surface area contributed by atoms with Crippen LogP contribution in [-0.4, -0.2) is 28.2 Å². The summed E-state index contributed by atoms with van der Waals surface area (Å²) in [6.45, 7) is 0. The molecule has 1 aliphatic heterocycles. The molecule has 0 atom stereocenters. The summed E-state index contributed by atoms with van der Waals surface area (Å²) >= 11 is 1.21. The summed E-state index contributed by atoms with van der Waals surface area (Å²) in [5, 5.41) is 10.8. The number of hydrogen-bond donors (Lipinski definition) is 1. The molecule has 2 heterocycles. The number of methoxy groups -OCH3 is 1. The number of carbonyl (C=O) groups excluding carboxylic acids is 1. The fourth-order valence-corrected chi connectivity index (χ4v) is 3.13. The van der Waals surface area contributed by atoms with Crippen LogP contribution < -0.4 is 0 Å². The van der Waals surface area contributed by atoms with Crippen molar-refractivity contribution in [1.29, 1.82) is 0 Å². The molecule has 0 bridgehead atoms. The van der Waals surface area contributed by atoms with Crippen LogP contribution in [0.25, 0.3) is 6.08 Å². The van der Waals surface area contributed by atoms with Gasteiger partial charge < -0.3 is 9.84 Å². The lowest BCUT2D eigenvalue weighted by molar-refractivity contribution is -0.135. The number of thioether (sulfide) groups is 1. The molecule has 1 aliphatic rings. The molecule has 1 aromatic carbocycles. The van der Waals surface area contributed by atoms with Gasteiger partial charge in [-0.25, -0.2) is 9.79 Å². The molecule has 6 heteroatoms. The Labute approximate surface area is 143 Å². The van der Waals surface area contributed by atoms with Crippen molar-refractivity contribution in [3.8, 4) is 0 Å². The normalized spacial score (nSPS) is 17.5. The van der Waals surface area contributed by atoms with Crippen molar-refractivity contribution in [2.24, 2.45) is 4.99 Å². The number of aliphatic hydroxyl groups excluding tert-OH is 1. The van der Waals surface area contributed by atoms with Gasteiger partial charge in [-0.1, -0.05) is 36.0 Å². The van der Waals surface area contributed by atoms with Crippen molar-refractivity contribution in [2.45, 2.75) is 0 Å². The van der Waals surface area contributed by atoms with Crippen LogP contribution in [-0.2, 0) is 9.53 Å². The first-order chi connectivity index (χ1) is 11.7. The second-order valence-electron chi connectivity index (χ2n) is 4.83. The molecule has 0 spiro atoms. The lowest BCUT2D eigenvalue weighted by atomic mass is 10.2. The number of carbonyl (C=O) groups is 1. The lowest BCUT2D eigenvalue weighted by Gasteiger charge is -2.01. The second-order valence-corrected chi connectivity index (χ2v) is 5.86. The number of esters is 1. The van der Waals surface area contributed by atoms with E-state index >= 15 is 0 Å². The Balaban J connectivity index is 2.04. The van der Waals surface area contributed by atoms with Gasteiger partial charge in [0.25, 0.3) is 0 Å². The average Bonchev–Trinajstić information content (AvgIpc) is 2.91. The molecular formula is C18H14N2O3S. The van der Waals surface area contributed by atoms with Gasteiger partial charge in [0, 0.05) is 6.20 Å². The summed E-state index contributed by atoms with van der Waals surface area (Å²) in [4.78, 5) is 21.2. The molecule has 24 heavy (non-hydrogen) atoms. The SMILES string of the molecule is COC(=O)C1=C(O)/C(=C\c2ccccn2)SC1=Nc1ccccc1. The summed E-state index contributed by atoms with van der Waals surface area (Å²) in [5.41, 5.74) is 1.43. The number of aliphatic hydroxyl groups is 1. The quantitative estimate of drug-likeness (QED) is 0.860. The third-order valence-corrected chi connectivity index (χ3v) is 4.25. The number of ether oxygens (including phenoxy) is 1. The third kappa shape index (κ3) is 3.38. The van der Waals surface area contributed by atoms with Gasteiger partial charge in [0.2, 0.25) is 0 Å². The molecule has 120 valence electrons. The van der Waals surface area contributed by atoms with Crippen LogP contribution in [0.4, 0.5) is 5.69 Å². The van der Waals surface area contributed by atoms with Crippen molar-refractivity contribution >= 4 is 34.5 Å². The van der Waals surface area contributed by atoms with Crippen molar-refractivity contribution < 1.29 is 14.6 Å². The molecule has 5 nitrogen and oxygen atoms in total. The first kappa shape index (κ1) is 16.0. The zero-order chi connectivity index (χ0) is 16.9. The number of pyridine rings is 1. The van der Waals surface area contributed by atoms with Gasteiger partial charge in [-0.15, -0.1) is 0 Å². The van der Waals surface area contributed by atoms with Gasteiger partial charge in [-0.3, -0.25) is 4.98 Å². The number of benzene rings is 1. The van der Waals surface area contributed by atoms with Crippen LogP contribution in [0, 0.1) is 0 Å². The van der Waals surface area contributed by atoms with Crippen LogP contribution in [0.15, 0.2) is 76.0 Å². The average molecular weight is 338 g/mol. The fraction of sp³-hybridized carbons (Fsp3) is 0.0556. The maximum Gasteiger partial charge on any atom is 0.344 e. The van der Waals surface area contributed by atoms with E-state index in [1.54, 1.807) is 12.3 Å². The summed E-state index contributed by atoms with van der Waals surface area (Å²) in [5.74, 6) is -0.772. The minimum Gasteiger partial charge on any atom is -0.506 e. The van der Waals surface area contributed by atoms with E-state index in [0.717, 1.165) is 0 Å². The van der Waals surface area contributed by atoms with E-state index in [1.165, 1.54) is 18.9 Å². The molecule has 0 amide bonds. The van der Waals surface area contributed by atoms with Crippen molar-refractivity contribution in [3.63, 3.8) is 0 Å². The number of hydrogen-bond acceptors (Lipinski definition) is 6. The standard InChI is InChI=1S/C18H14N2O3S/c1-23-18(22)15-16(21)14(11-13-9-5-6-10-19-13)24-17(15)20-12-7-3-2-4-8-12/h2-11,21H,1H3/b14-11+,20-17?. The van der Waals surface area contributed by atoms with Crippen LogP contribution >= 0.6 is 11.8 Å². The molecule has 2 aromatic rings. The van der Waals surface area contributed by atoms with Crippen LogP contribution in [0.5, 0.6) is 0 Å². The Kier molecular flexibility index (Phi) is 4.77. The second kappa shape index (κ2) is 7.14. The Morgan fingerprint density at radius 3 is 2.62 bits per heavy atom. The highest BCUT2D eigenvalue weighted by Gasteiger charge is 2.32. The van der Waals surface area contributed by atoms with Gasteiger partial charge in [-0.2, -0.15) is 0 Å². The lowest BCUT2D eigenvalue weighted by Crippen LogP contribution is -2.10. The first-order valence-corrected chi connectivity index (χ1v) is 7.97. The van der Waals surface area contributed by atoms with Gasteiger partial charge in [-0.05, 0) is 30.3 Å². The maximum absolute atomic E-state index is 12.0. The largest absolute Gasteiger partial charge is 0.506 e. The fourth-order valence-electron chi connectivity index (χ4n) is 2.11. The molecule has 0 fully saturated rings. The van der Waals surface area contributed by atoms with Crippen LogP contribution in [0.3, 0.4) is 0 Å². The minimum atomic E-state index is -0.626. The Morgan fingerprint density at radius 1 is 1.21 bits per heavy atom. The monoisotopic (exact) mass is 338 g/mol. The van der Waals surface area contributed by atoms with Crippen molar-refractivity contribution in [1.82, 2.24) is 4.98 Å². The minimum absolute atomic E-state index is 0.0635. The van der Waals surface area contributed by atoms with Gasteiger partial charge in [0.1, 0.15) is 16.4 Å². The van der Waals surface area contributed by atoms with Gasteiger partial charge in [0.15, 0.2) is 0 Å². The predicted octanol–water partition coefficient (Wildman–Crippen LogP) is 3.88. The van der Waals surface area contributed by atoms with E-state index in [9.17, 15) is 9.90 Å². The number of aliphatic imine (C=N–C) groups is 1. The molecule has 0 aliphatic carbocycles. The Morgan fingerprint density at radius 2 is 1.96 bits per heavy atom. The number of nitrogens with zero attached hydrogens (tertiary/aromatic N) is 2. The maximum atomic E-state index is 12.0. The molecule has 0 unspecified atom stereocenters. The summed E-state index contributed by atoms with van der Waals surface area (Å²) < 4.78 is 4.78. The Hall–Kier alpha value is -2.86. The zero-order valence-electron chi connectivity index (χ0n) is 12.8. The smallest absolute Gasteiger partial charge is 0.344 e. The highest BCUT2D eigenvalue weighted by atomic mass is 32.2. The molecule has 0 saturated heterocycles. The predicted molar refractivity (Wildman–Crippen MR) is 95.0 cm³/mol. The van der Waals surface area contributed by atoms with Gasteiger partial charge in [0.05, 0.1) is 23.4 Å². The van der Waals surface area contributed by atoms with Crippen LogP contribution in [0.1, 0.15) is 5.69 Å². The number of rotatable bonds is 3. The van der Waals surface area contributed by atoms with Crippen molar-refractivity contribution in [2.75, 3.05) is 7.11 Å². The van der Waals surface area contributed by atoms with E-state index in [4.69, 9.17) is 4.74 Å². The first-order valence-electron chi connectivity index (χ1n) is 7.15. The van der Waals surface area contributed by atoms with E-state index in [-0.39, 0.29) is 11.3 Å². The number of para-hydroxylation sites is 1. The summed E-state index contributed by atoms with van der Waals surface area (Å²) in [7, 11) is 1.27. The topological polar surface area (TPSA) is 71.8 Å². The van der Waals surface area contributed by atoms with E-state index in [2.05, 4.69) is 9.98 Å². The summed E-state index contributed by atoms with van der Waals surface area (Å²) in [6, 6.07) is 14.7. The van der Waals surface area contributed by atoms with Crippen molar-refractivity contribution in [3.05, 3.63) is 76.7 Å². The third-order valence-electron chi connectivity index (χ3n) is 3.23. The molecular weight excluding hydrogens is 324 g/mol. The van der Waals surface area contributed by atoms with E-state index in [0.29, 0.717) is 21.3 Å². The number of aromatic nitrogens is 1. The molecule has 1 N–H and O–H groups in total. The molecule has 0 saturated carbocycles. The van der Waals surface area contributed by atoms with E-state index in [1.807, 2.05) is 48.5 Å². The molecule has 1 aromatic heterocycles. The zero-order valence-corrected chi connectivity index (χ0v) is 13.7. The van der Waals surface area contributed by atoms with Crippen LogP contribution in [0.2, 0.25) is 0 Å².